The normalized spacial score (nSPS) is 22.1. The molecule has 1 amide bonds. The lowest BCUT2D eigenvalue weighted by Gasteiger charge is -2.48. The maximum absolute atomic E-state index is 13.8. The van der Waals surface area contributed by atoms with E-state index in [2.05, 4.69) is 10.2 Å². The number of ether oxygens (including phenoxy) is 1. The first kappa shape index (κ1) is 22.1. The molecule has 10 heteroatoms. The van der Waals surface area contributed by atoms with Crippen LogP contribution >= 0.6 is 34.9 Å². The van der Waals surface area contributed by atoms with Crippen molar-refractivity contribution in [2.24, 2.45) is 5.41 Å². The van der Waals surface area contributed by atoms with Crippen LogP contribution in [0.3, 0.4) is 0 Å². The predicted octanol–water partition coefficient (Wildman–Crippen LogP) is 3.43. The van der Waals surface area contributed by atoms with E-state index in [9.17, 15) is 14.4 Å². The van der Waals surface area contributed by atoms with Crippen LogP contribution < -0.4 is 0 Å². The highest BCUT2D eigenvalue weighted by molar-refractivity contribution is 8.02. The van der Waals surface area contributed by atoms with Gasteiger partial charge in [0.05, 0.1) is 0 Å². The van der Waals surface area contributed by atoms with Crippen LogP contribution in [0.15, 0.2) is 70.5 Å². The summed E-state index contributed by atoms with van der Waals surface area (Å²) in [6.07, 6.45) is -0.584. The van der Waals surface area contributed by atoms with Crippen molar-refractivity contribution in [3.63, 3.8) is 0 Å². The molecule has 0 N–H and O–H groups in total. The number of carbonyl (C=O) groups is 3. The molecular formula is C23H19N3O4S3. The molecule has 5 rings (SSSR count). The number of benzene rings is 2. The fourth-order valence-corrected chi connectivity index (χ4v) is 7.06. The first-order chi connectivity index (χ1) is 16.1. The molecule has 33 heavy (non-hydrogen) atoms. The van der Waals surface area contributed by atoms with E-state index in [1.807, 2.05) is 60.7 Å². The average Bonchev–Trinajstić information content (AvgIpc) is 3.40. The number of Topliss-reactive ketones (excluding diaryl/α,β-unsaturated/α-hetero) is 1. The fourth-order valence-electron chi connectivity index (χ4n) is 3.87. The van der Waals surface area contributed by atoms with Crippen LogP contribution in [-0.4, -0.2) is 56.2 Å². The third kappa shape index (κ3) is 4.30. The van der Waals surface area contributed by atoms with Gasteiger partial charge in [-0.15, -0.1) is 22.0 Å². The van der Waals surface area contributed by atoms with Gasteiger partial charge >= 0.3 is 5.97 Å². The molecule has 1 unspecified atom stereocenters. The highest BCUT2D eigenvalue weighted by atomic mass is 32.2. The number of hydrogen-bond acceptors (Lipinski definition) is 9. The fraction of sp³-hybridized carbons (Fsp3) is 0.261. The van der Waals surface area contributed by atoms with Crippen molar-refractivity contribution in [1.29, 1.82) is 0 Å². The molecule has 0 saturated carbocycles. The van der Waals surface area contributed by atoms with E-state index >= 15 is 0 Å². The van der Waals surface area contributed by atoms with Crippen molar-refractivity contribution in [2.45, 2.75) is 15.8 Å². The summed E-state index contributed by atoms with van der Waals surface area (Å²) in [7, 11) is 0. The van der Waals surface area contributed by atoms with E-state index in [1.165, 1.54) is 39.8 Å². The number of β-lactam (4-membered cyclic amide) rings is 1. The lowest BCUT2D eigenvalue weighted by atomic mass is 9.89. The summed E-state index contributed by atoms with van der Waals surface area (Å²) < 4.78 is 6.92. The Balaban J connectivity index is 1.44. The number of ketones is 1. The van der Waals surface area contributed by atoms with Crippen molar-refractivity contribution in [3.05, 3.63) is 77.3 Å². The molecule has 2 aromatic carbocycles. The molecule has 0 spiro atoms. The van der Waals surface area contributed by atoms with Gasteiger partial charge in [0.2, 0.25) is 0 Å². The van der Waals surface area contributed by atoms with Gasteiger partial charge in [-0.05, 0) is 11.1 Å². The van der Waals surface area contributed by atoms with E-state index in [-0.39, 0.29) is 6.54 Å². The summed E-state index contributed by atoms with van der Waals surface area (Å²) in [6, 6.07) is 19.2. The molecular weight excluding hydrogens is 478 g/mol. The SMILES string of the molecule is O=C1C(=O)N2CC(CSc3nncs3)(C(=O)OC(c3ccccc3)c3ccccc3)CS[C@H]12. The van der Waals surface area contributed by atoms with Crippen molar-refractivity contribution in [2.75, 3.05) is 18.1 Å². The van der Waals surface area contributed by atoms with Gasteiger partial charge < -0.3 is 9.64 Å². The number of rotatable bonds is 7. The zero-order valence-electron chi connectivity index (χ0n) is 17.3. The molecule has 2 aliphatic heterocycles. The molecule has 2 saturated heterocycles. The number of carbonyl (C=O) groups excluding carboxylic acids is 3. The van der Waals surface area contributed by atoms with Gasteiger partial charge in [-0.2, -0.15) is 0 Å². The third-order valence-corrected chi connectivity index (χ3v) is 9.30. The second-order valence-electron chi connectivity index (χ2n) is 7.84. The predicted molar refractivity (Wildman–Crippen MR) is 127 cm³/mol. The number of fused-ring (bicyclic) bond motifs is 1. The number of esters is 1. The lowest BCUT2D eigenvalue weighted by Crippen LogP contribution is -2.67. The van der Waals surface area contributed by atoms with Crippen LogP contribution in [0.2, 0.25) is 0 Å². The second kappa shape index (κ2) is 9.28. The Hall–Kier alpha value is -2.69. The zero-order chi connectivity index (χ0) is 22.8. The quantitative estimate of drug-likeness (QED) is 0.212. The summed E-state index contributed by atoms with van der Waals surface area (Å²) in [4.78, 5) is 39.4. The molecule has 2 aliphatic rings. The standard InChI is InChI=1S/C23H19N3O4S3/c27-17-19(28)26-11-23(12-31-20(17)26,13-32-22-25-24-14-33-22)21(29)30-18(15-7-3-1-4-8-15)16-9-5-2-6-10-16/h1-10,14,18,20H,11-13H2/t20-,23?/m1/s1. The third-order valence-electron chi connectivity index (χ3n) is 5.64. The van der Waals surface area contributed by atoms with Gasteiger partial charge in [0.25, 0.3) is 11.7 Å². The molecule has 3 heterocycles. The van der Waals surface area contributed by atoms with Crippen molar-refractivity contribution >= 4 is 52.5 Å². The number of hydrogen-bond donors (Lipinski definition) is 0. The topological polar surface area (TPSA) is 89.5 Å². The van der Waals surface area contributed by atoms with Gasteiger partial charge in [0.15, 0.2) is 10.4 Å². The molecule has 0 aliphatic carbocycles. The first-order valence-electron chi connectivity index (χ1n) is 10.2. The van der Waals surface area contributed by atoms with E-state index in [1.54, 1.807) is 5.51 Å². The van der Waals surface area contributed by atoms with E-state index in [0.717, 1.165) is 15.5 Å². The van der Waals surface area contributed by atoms with Crippen LogP contribution in [0.4, 0.5) is 0 Å². The van der Waals surface area contributed by atoms with E-state index < -0.39 is 34.6 Å². The average molecular weight is 498 g/mol. The largest absolute Gasteiger partial charge is 0.452 e. The second-order valence-corrected chi connectivity index (χ2v) is 11.0. The van der Waals surface area contributed by atoms with Crippen LogP contribution in [0.5, 0.6) is 0 Å². The van der Waals surface area contributed by atoms with E-state index in [0.29, 0.717) is 11.5 Å². The summed E-state index contributed by atoms with van der Waals surface area (Å²) in [6.45, 7) is 0.149. The number of nitrogens with zero attached hydrogens (tertiary/aromatic N) is 3. The molecule has 168 valence electrons. The van der Waals surface area contributed by atoms with Crippen molar-refractivity contribution in [3.8, 4) is 0 Å². The Bertz CT molecular complexity index is 1120. The molecule has 3 aromatic rings. The number of thioether (sulfide) groups is 2. The summed E-state index contributed by atoms with van der Waals surface area (Å²) in [5, 5.41) is 7.42. The maximum atomic E-state index is 13.8. The Morgan fingerprint density at radius 3 is 2.39 bits per heavy atom. The van der Waals surface area contributed by atoms with Crippen LogP contribution in [-0.2, 0) is 19.1 Å². The van der Waals surface area contributed by atoms with Gasteiger partial charge in [-0.25, -0.2) is 0 Å². The van der Waals surface area contributed by atoms with Crippen molar-refractivity contribution < 1.29 is 19.1 Å². The van der Waals surface area contributed by atoms with Crippen LogP contribution in [0, 0.1) is 5.41 Å². The van der Waals surface area contributed by atoms with Crippen molar-refractivity contribution in [1.82, 2.24) is 15.1 Å². The summed E-state index contributed by atoms with van der Waals surface area (Å²) in [5.74, 6) is -0.572. The molecule has 2 fully saturated rings. The minimum Gasteiger partial charge on any atom is -0.452 e. The zero-order valence-corrected chi connectivity index (χ0v) is 19.8. The molecule has 0 radical (unpaired) electrons. The molecule has 2 atom stereocenters. The van der Waals surface area contributed by atoms with Gasteiger partial charge in [0, 0.05) is 18.1 Å². The minimum atomic E-state index is -0.977. The molecule has 7 nitrogen and oxygen atoms in total. The van der Waals surface area contributed by atoms with Gasteiger partial charge in [-0.3, -0.25) is 14.4 Å². The maximum Gasteiger partial charge on any atom is 0.316 e. The Kier molecular flexibility index (Phi) is 6.22. The monoisotopic (exact) mass is 497 g/mol. The molecule has 1 aromatic heterocycles. The summed E-state index contributed by atoms with van der Waals surface area (Å²) >= 11 is 4.13. The van der Waals surface area contributed by atoms with E-state index in [4.69, 9.17) is 4.74 Å². The minimum absolute atomic E-state index is 0.149. The Labute approximate surface area is 202 Å². The highest BCUT2D eigenvalue weighted by Gasteiger charge is 2.57. The molecule has 0 bridgehead atoms. The van der Waals surface area contributed by atoms with Crippen LogP contribution in [0.25, 0.3) is 0 Å². The van der Waals surface area contributed by atoms with Crippen LogP contribution in [0.1, 0.15) is 17.2 Å². The highest BCUT2D eigenvalue weighted by Crippen LogP contribution is 2.44. The van der Waals surface area contributed by atoms with Gasteiger partial charge in [-0.1, -0.05) is 83.8 Å². The number of aromatic nitrogens is 2. The smallest absolute Gasteiger partial charge is 0.316 e. The van der Waals surface area contributed by atoms with Gasteiger partial charge in [0.1, 0.15) is 16.3 Å². The lowest BCUT2D eigenvalue weighted by molar-refractivity contribution is -0.166. The Morgan fingerprint density at radius 1 is 1.12 bits per heavy atom. The Morgan fingerprint density at radius 2 is 1.79 bits per heavy atom. The summed E-state index contributed by atoms with van der Waals surface area (Å²) in [5.41, 5.74) is 2.38. The number of amides is 1. The first-order valence-corrected chi connectivity index (χ1v) is 13.2.